The average molecular weight is 409 g/mol. The van der Waals surface area contributed by atoms with Crippen LogP contribution in [0, 0.1) is 0 Å². The van der Waals surface area contributed by atoms with Crippen LogP contribution in [0.2, 0.25) is 0 Å². The fraction of sp³-hybridized carbons (Fsp3) is 0.480. The molecule has 1 fully saturated rings. The zero-order chi connectivity index (χ0) is 20.8. The molecule has 4 rings (SSSR count). The fourth-order valence-electron chi connectivity index (χ4n) is 4.40. The summed E-state index contributed by atoms with van der Waals surface area (Å²) in [4.78, 5) is 17.8. The van der Waals surface area contributed by atoms with Crippen LogP contribution in [0.5, 0.6) is 11.5 Å². The number of carbonyl (C=O) groups excluding carboxylic acids is 1. The summed E-state index contributed by atoms with van der Waals surface area (Å²) in [6.07, 6.45) is 6.78. The molecular weight excluding hydrogens is 376 g/mol. The molecule has 1 amide bonds. The molecular formula is C25H32N2O3. The number of hydrogen-bond donors (Lipinski definition) is 0. The van der Waals surface area contributed by atoms with Crippen LogP contribution in [0.15, 0.2) is 48.5 Å². The van der Waals surface area contributed by atoms with Crippen molar-refractivity contribution in [2.45, 2.75) is 44.6 Å². The second-order valence-corrected chi connectivity index (χ2v) is 8.19. The van der Waals surface area contributed by atoms with Crippen LogP contribution < -0.4 is 14.4 Å². The van der Waals surface area contributed by atoms with E-state index in [1.807, 2.05) is 53.4 Å². The quantitative estimate of drug-likeness (QED) is 0.588. The maximum absolute atomic E-state index is 13.3. The van der Waals surface area contributed by atoms with Gasteiger partial charge in [0.2, 0.25) is 6.10 Å². The number of methoxy groups -OCH3 is 1. The van der Waals surface area contributed by atoms with Crippen LogP contribution in [0.1, 0.15) is 50.2 Å². The van der Waals surface area contributed by atoms with Gasteiger partial charge in [-0.15, -0.1) is 0 Å². The van der Waals surface area contributed by atoms with E-state index in [-0.39, 0.29) is 5.91 Å². The Morgan fingerprint density at radius 3 is 2.43 bits per heavy atom. The molecule has 0 aromatic heterocycles. The molecule has 0 radical (unpaired) electrons. The van der Waals surface area contributed by atoms with E-state index in [2.05, 4.69) is 4.90 Å². The molecule has 2 aliphatic heterocycles. The van der Waals surface area contributed by atoms with Gasteiger partial charge in [-0.2, -0.15) is 0 Å². The third-order valence-electron chi connectivity index (χ3n) is 6.11. The predicted molar refractivity (Wildman–Crippen MR) is 119 cm³/mol. The van der Waals surface area contributed by atoms with Crippen LogP contribution >= 0.6 is 0 Å². The third-order valence-corrected chi connectivity index (χ3v) is 6.11. The van der Waals surface area contributed by atoms with Gasteiger partial charge in [0, 0.05) is 12.1 Å². The predicted octanol–water partition coefficient (Wildman–Crippen LogP) is 4.82. The molecule has 2 aliphatic rings. The maximum Gasteiger partial charge on any atom is 0.272 e. The van der Waals surface area contributed by atoms with Crippen molar-refractivity contribution < 1.29 is 14.3 Å². The number of amides is 1. The summed E-state index contributed by atoms with van der Waals surface area (Å²) in [5.41, 5.74) is 1.73. The Labute approximate surface area is 179 Å². The lowest BCUT2D eigenvalue weighted by atomic mass is 10.0. The van der Waals surface area contributed by atoms with Gasteiger partial charge in [0.25, 0.3) is 5.91 Å². The standard InChI is InChI=1S/C25H32N2O3/c1-29-21-14-12-20(13-15-21)24-25(28)27(22-10-4-5-11-23(22)30-24)19-9-3-8-18-26-16-6-2-7-17-26/h4-5,10-15,24H,2-3,6-9,16-19H2,1H3. The number of piperidine rings is 1. The SMILES string of the molecule is COc1ccc(C2Oc3ccccc3N(CCCCCN3CCCCC3)C2=O)cc1. The molecule has 160 valence electrons. The highest BCUT2D eigenvalue weighted by atomic mass is 16.5. The highest BCUT2D eigenvalue weighted by Crippen LogP contribution is 2.39. The van der Waals surface area contributed by atoms with Crippen LogP contribution in [0.25, 0.3) is 0 Å². The molecule has 1 saturated heterocycles. The van der Waals surface area contributed by atoms with Gasteiger partial charge in [0.1, 0.15) is 11.5 Å². The molecule has 0 aliphatic carbocycles. The Bertz CT molecular complexity index is 831. The van der Waals surface area contributed by atoms with Crippen LogP contribution in [-0.4, -0.2) is 44.1 Å². The molecule has 1 unspecified atom stereocenters. The van der Waals surface area contributed by atoms with Gasteiger partial charge < -0.3 is 19.3 Å². The van der Waals surface area contributed by atoms with Crippen molar-refractivity contribution in [3.63, 3.8) is 0 Å². The number of anilines is 1. The molecule has 5 heteroatoms. The van der Waals surface area contributed by atoms with E-state index in [1.54, 1.807) is 7.11 Å². The number of unbranched alkanes of at least 4 members (excludes halogenated alkanes) is 2. The second kappa shape index (κ2) is 9.98. The van der Waals surface area contributed by atoms with Gasteiger partial charge in [-0.1, -0.05) is 37.1 Å². The number of fused-ring (bicyclic) bond motifs is 1. The van der Waals surface area contributed by atoms with Crippen molar-refractivity contribution in [2.24, 2.45) is 0 Å². The number of rotatable bonds is 8. The number of likely N-dealkylation sites (tertiary alicyclic amines) is 1. The summed E-state index contributed by atoms with van der Waals surface area (Å²) >= 11 is 0. The van der Waals surface area contributed by atoms with Gasteiger partial charge in [0.15, 0.2) is 0 Å². The van der Waals surface area contributed by atoms with Crippen molar-refractivity contribution in [1.82, 2.24) is 4.90 Å². The number of para-hydroxylation sites is 2. The lowest BCUT2D eigenvalue weighted by molar-refractivity contribution is -0.126. The minimum absolute atomic E-state index is 0.00916. The monoisotopic (exact) mass is 408 g/mol. The summed E-state index contributed by atoms with van der Waals surface area (Å²) in [6.45, 7) is 4.41. The van der Waals surface area contributed by atoms with Crippen molar-refractivity contribution in [1.29, 1.82) is 0 Å². The number of ether oxygens (including phenoxy) is 2. The van der Waals surface area contributed by atoms with Crippen molar-refractivity contribution in [3.05, 3.63) is 54.1 Å². The topological polar surface area (TPSA) is 42.0 Å². The Balaban J connectivity index is 1.39. The van der Waals surface area contributed by atoms with E-state index in [4.69, 9.17) is 9.47 Å². The molecule has 2 aromatic rings. The second-order valence-electron chi connectivity index (χ2n) is 8.19. The summed E-state index contributed by atoms with van der Waals surface area (Å²) in [5.74, 6) is 1.55. The summed E-state index contributed by atoms with van der Waals surface area (Å²) in [5, 5.41) is 0. The van der Waals surface area contributed by atoms with E-state index >= 15 is 0 Å². The first-order valence-corrected chi connectivity index (χ1v) is 11.2. The highest BCUT2D eigenvalue weighted by molar-refractivity contribution is 6.00. The minimum atomic E-state index is -0.612. The molecule has 0 bridgehead atoms. The molecule has 2 aromatic carbocycles. The number of benzene rings is 2. The Kier molecular flexibility index (Phi) is 6.90. The lowest BCUT2D eigenvalue weighted by Crippen LogP contribution is -2.41. The zero-order valence-electron chi connectivity index (χ0n) is 17.9. The van der Waals surface area contributed by atoms with E-state index < -0.39 is 6.10 Å². The summed E-state index contributed by atoms with van der Waals surface area (Å²) < 4.78 is 11.3. The van der Waals surface area contributed by atoms with Crippen LogP contribution in [0.3, 0.4) is 0 Å². The molecule has 0 N–H and O–H groups in total. The summed E-state index contributed by atoms with van der Waals surface area (Å²) in [6, 6.07) is 15.4. The van der Waals surface area contributed by atoms with Gasteiger partial charge in [-0.05, 0) is 69.6 Å². The van der Waals surface area contributed by atoms with Gasteiger partial charge in [0.05, 0.1) is 12.8 Å². The number of carbonyl (C=O) groups is 1. The molecule has 5 nitrogen and oxygen atoms in total. The Morgan fingerprint density at radius 1 is 0.933 bits per heavy atom. The summed E-state index contributed by atoms with van der Waals surface area (Å²) in [7, 11) is 1.64. The normalized spacial score (nSPS) is 19.3. The molecule has 30 heavy (non-hydrogen) atoms. The van der Waals surface area contributed by atoms with E-state index in [9.17, 15) is 4.79 Å². The van der Waals surface area contributed by atoms with E-state index in [1.165, 1.54) is 45.3 Å². The van der Waals surface area contributed by atoms with Crippen molar-refractivity contribution in [2.75, 3.05) is 38.2 Å². The molecule has 0 spiro atoms. The molecule has 1 atom stereocenters. The smallest absolute Gasteiger partial charge is 0.272 e. The largest absolute Gasteiger partial charge is 0.497 e. The van der Waals surface area contributed by atoms with Crippen molar-refractivity contribution in [3.8, 4) is 11.5 Å². The first-order chi connectivity index (χ1) is 14.8. The van der Waals surface area contributed by atoms with E-state index in [0.29, 0.717) is 0 Å². The van der Waals surface area contributed by atoms with Gasteiger partial charge in [-0.25, -0.2) is 0 Å². The van der Waals surface area contributed by atoms with Crippen LogP contribution in [0.4, 0.5) is 5.69 Å². The number of nitrogens with zero attached hydrogens (tertiary/aromatic N) is 2. The first kappa shape index (κ1) is 20.7. The molecule has 0 saturated carbocycles. The highest BCUT2D eigenvalue weighted by Gasteiger charge is 2.35. The molecule has 2 heterocycles. The fourth-order valence-corrected chi connectivity index (χ4v) is 4.40. The Morgan fingerprint density at radius 2 is 1.67 bits per heavy atom. The van der Waals surface area contributed by atoms with Crippen molar-refractivity contribution >= 4 is 11.6 Å². The van der Waals surface area contributed by atoms with Crippen LogP contribution in [-0.2, 0) is 4.79 Å². The maximum atomic E-state index is 13.3. The first-order valence-electron chi connectivity index (χ1n) is 11.2. The van der Waals surface area contributed by atoms with E-state index in [0.717, 1.165) is 42.1 Å². The third kappa shape index (κ3) is 4.78. The zero-order valence-corrected chi connectivity index (χ0v) is 17.9. The van der Waals surface area contributed by atoms with Gasteiger partial charge >= 0.3 is 0 Å². The van der Waals surface area contributed by atoms with Gasteiger partial charge in [-0.3, -0.25) is 4.79 Å². The Hall–Kier alpha value is -2.53. The number of hydrogen-bond acceptors (Lipinski definition) is 4. The minimum Gasteiger partial charge on any atom is -0.497 e. The average Bonchev–Trinajstić information content (AvgIpc) is 2.80. The lowest BCUT2D eigenvalue weighted by Gasteiger charge is -2.34.